The smallest absolute Gasteiger partial charge is 0.122 e. The Balaban J connectivity index is 1.89. The van der Waals surface area contributed by atoms with Gasteiger partial charge in [0.1, 0.15) is 5.84 Å². The quantitative estimate of drug-likeness (QED) is 0.628. The van der Waals surface area contributed by atoms with E-state index in [0.29, 0.717) is 0 Å². The van der Waals surface area contributed by atoms with E-state index in [4.69, 9.17) is 11.1 Å². The van der Waals surface area contributed by atoms with E-state index in [1.807, 2.05) is 18.2 Å². The number of hydrogen-bond donors (Lipinski definition) is 2. The largest absolute Gasteiger partial charge is 0.384 e. The second kappa shape index (κ2) is 6.50. The summed E-state index contributed by atoms with van der Waals surface area (Å²) in [6, 6.07) is 10.1. The fourth-order valence-corrected chi connectivity index (χ4v) is 2.69. The summed E-state index contributed by atoms with van der Waals surface area (Å²) in [7, 11) is 2.12. The number of benzene rings is 1. The van der Waals surface area contributed by atoms with E-state index in [9.17, 15) is 0 Å². The molecule has 0 amide bonds. The van der Waals surface area contributed by atoms with Crippen LogP contribution in [0.1, 0.15) is 16.7 Å². The second-order valence-corrected chi connectivity index (χ2v) is 5.51. The number of thiophene rings is 1. The van der Waals surface area contributed by atoms with Crippen LogP contribution in [0.3, 0.4) is 0 Å². The third-order valence-corrected chi connectivity index (χ3v) is 3.78. The van der Waals surface area contributed by atoms with E-state index in [2.05, 4.69) is 34.8 Å². The maximum Gasteiger partial charge on any atom is 0.122 e. The van der Waals surface area contributed by atoms with Gasteiger partial charge in [-0.05, 0) is 47.5 Å². The van der Waals surface area contributed by atoms with Crippen LogP contribution in [0.5, 0.6) is 0 Å². The van der Waals surface area contributed by atoms with Crippen LogP contribution in [0.2, 0.25) is 0 Å². The number of hydrogen-bond acceptors (Lipinski definition) is 3. The number of nitrogens with one attached hydrogen (secondary N) is 1. The zero-order valence-corrected chi connectivity index (χ0v) is 11.9. The first-order chi connectivity index (χ1) is 9.15. The molecular formula is C15H19N3S. The lowest BCUT2D eigenvalue weighted by atomic mass is 10.1. The Morgan fingerprint density at radius 3 is 2.84 bits per heavy atom. The molecule has 0 radical (unpaired) electrons. The molecule has 1 aromatic heterocycles. The molecule has 3 N–H and O–H groups in total. The molecule has 0 unspecified atom stereocenters. The highest BCUT2D eigenvalue weighted by molar-refractivity contribution is 7.07. The summed E-state index contributed by atoms with van der Waals surface area (Å²) in [6.07, 6.45) is 1.08. The molecule has 0 bridgehead atoms. The van der Waals surface area contributed by atoms with Gasteiger partial charge in [0.15, 0.2) is 0 Å². The van der Waals surface area contributed by atoms with Gasteiger partial charge >= 0.3 is 0 Å². The lowest BCUT2D eigenvalue weighted by Gasteiger charge is -2.16. The third kappa shape index (κ3) is 4.19. The van der Waals surface area contributed by atoms with Crippen molar-refractivity contribution in [1.82, 2.24) is 4.90 Å². The Kier molecular flexibility index (Phi) is 4.71. The van der Waals surface area contributed by atoms with Crippen molar-refractivity contribution >= 4 is 17.2 Å². The molecule has 0 aliphatic rings. The first-order valence-corrected chi connectivity index (χ1v) is 7.22. The minimum absolute atomic E-state index is 0.128. The fourth-order valence-electron chi connectivity index (χ4n) is 1.98. The van der Waals surface area contributed by atoms with Gasteiger partial charge in [-0.3, -0.25) is 5.41 Å². The van der Waals surface area contributed by atoms with E-state index in [0.717, 1.165) is 25.1 Å². The Morgan fingerprint density at radius 1 is 1.32 bits per heavy atom. The Labute approximate surface area is 118 Å². The average Bonchev–Trinajstić information content (AvgIpc) is 2.90. The van der Waals surface area contributed by atoms with Crippen LogP contribution in [0.25, 0.3) is 0 Å². The van der Waals surface area contributed by atoms with Gasteiger partial charge in [-0.25, -0.2) is 0 Å². The molecule has 0 saturated heterocycles. The molecule has 0 aliphatic carbocycles. The number of amidine groups is 1. The van der Waals surface area contributed by atoms with Gasteiger partial charge in [-0.1, -0.05) is 18.2 Å². The monoisotopic (exact) mass is 273 g/mol. The molecule has 1 aromatic carbocycles. The van der Waals surface area contributed by atoms with Gasteiger partial charge in [0, 0.05) is 18.7 Å². The van der Waals surface area contributed by atoms with Gasteiger partial charge in [0.05, 0.1) is 0 Å². The van der Waals surface area contributed by atoms with Crippen molar-refractivity contribution < 1.29 is 0 Å². The highest BCUT2D eigenvalue weighted by atomic mass is 32.1. The third-order valence-electron chi connectivity index (χ3n) is 3.05. The van der Waals surface area contributed by atoms with Gasteiger partial charge in [-0.2, -0.15) is 11.3 Å². The van der Waals surface area contributed by atoms with Crippen LogP contribution >= 0.6 is 11.3 Å². The molecule has 0 aliphatic heterocycles. The molecule has 3 nitrogen and oxygen atoms in total. The molecule has 0 saturated carbocycles. The van der Waals surface area contributed by atoms with E-state index in [-0.39, 0.29) is 5.84 Å². The van der Waals surface area contributed by atoms with Gasteiger partial charge in [0.25, 0.3) is 0 Å². The van der Waals surface area contributed by atoms with Crippen molar-refractivity contribution in [2.24, 2.45) is 5.73 Å². The summed E-state index contributed by atoms with van der Waals surface area (Å²) < 4.78 is 0. The SMILES string of the molecule is CN(CCc1ccsc1)Cc1cccc(C(=N)N)c1. The lowest BCUT2D eigenvalue weighted by molar-refractivity contribution is 0.331. The minimum Gasteiger partial charge on any atom is -0.384 e. The fraction of sp³-hybridized carbons (Fsp3) is 0.267. The summed E-state index contributed by atoms with van der Waals surface area (Å²) >= 11 is 1.74. The van der Waals surface area contributed by atoms with Crippen molar-refractivity contribution in [3.8, 4) is 0 Å². The van der Waals surface area contributed by atoms with Crippen LogP contribution in [0.15, 0.2) is 41.1 Å². The van der Waals surface area contributed by atoms with Crippen molar-refractivity contribution in [3.63, 3.8) is 0 Å². The number of nitrogen functional groups attached to an aromatic ring is 1. The Hall–Kier alpha value is -1.65. The van der Waals surface area contributed by atoms with Gasteiger partial charge in [0.2, 0.25) is 0 Å². The highest BCUT2D eigenvalue weighted by Gasteiger charge is 2.03. The number of likely N-dealkylation sites (N-methyl/N-ethyl adjacent to an activating group) is 1. The van der Waals surface area contributed by atoms with Crippen LogP contribution in [-0.2, 0) is 13.0 Å². The molecule has 0 atom stereocenters. The Bertz CT molecular complexity index is 534. The molecule has 0 spiro atoms. The Morgan fingerprint density at radius 2 is 2.16 bits per heavy atom. The van der Waals surface area contributed by atoms with Gasteiger partial charge < -0.3 is 10.6 Å². The molecule has 1 heterocycles. The van der Waals surface area contributed by atoms with Crippen molar-refractivity contribution in [2.45, 2.75) is 13.0 Å². The number of nitrogens with two attached hydrogens (primary N) is 1. The molecule has 2 rings (SSSR count). The van der Waals surface area contributed by atoms with E-state index in [1.54, 1.807) is 11.3 Å². The molecule has 19 heavy (non-hydrogen) atoms. The summed E-state index contributed by atoms with van der Waals surface area (Å²) in [6.45, 7) is 1.91. The molecule has 4 heteroatoms. The average molecular weight is 273 g/mol. The van der Waals surface area contributed by atoms with Crippen LogP contribution in [0, 0.1) is 5.41 Å². The zero-order chi connectivity index (χ0) is 13.7. The second-order valence-electron chi connectivity index (χ2n) is 4.73. The molecule has 2 aromatic rings. The van der Waals surface area contributed by atoms with Crippen molar-refractivity contribution in [1.29, 1.82) is 5.41 Å². The molecule has 0 fully saturated rings. The predicted octanol–water partition coefficient (Wildman–Crippen LogP) is 2.71. The lowest BCUT2D eigenvalue weighted by Crippen LogP contribution is -2.21. The topological polar surface area (TPSA) is 53.1 Å². The number of nitrogens with zero attached hydrogens (tertiary/aromatic N) is 1. The number of rotatable bonds is 6. The first-order valence-electron chi connectivity index (χ1n) is 6.28. The summed E-state index contributed by atoms with van der Waals surface area (Å²) in [4.78, 5) is 2.29. The normalized spacial score (nSPS) is 10.8. The molecule has 100 valence electrons. The zero-order valence-electron chi connectivity index (χ0n) is 11.1. The van der Waals surface area contributed by atoms with Crippen molar-refractivity contribution in [2.75, 3.05) is 13.6 Å². The van der Waals surface area contributed by atoms with Crippen LogP contribution in [0.4, 0.5) is 0 Å². The summed E-state index contributed by atoms with van der Waals surface area (Å²) in [5.41, 5.74) is 8.89. The first kappa shape index (κ1) is 13.8. The van der Waals surface area contributed by atoms with E-state index in [1.165, 1.54) is 11.1 Å². The maximum atomic E-state index is 7.46. The summed E-state index contributed by atoms with van der Waals surface area (Å²) in [5.74, 6) is 0.128. The molecular weight excluding hydrogens is 254 g/mol. The maximum absolute atomic E-state index is 7.46. The predicted molar refractivity (Wildman–Crippen MR) is 81.8 cm³/mol. The highest BCUT2D eigenvalue weighted by Crippen LogP contribution is 2.10. The van der Waals surface area contributed by atoms with Gasteiger partial charge in [-0.15, -0.1) is 0 Å². The van der Waals surface area contributed by atoms with Crippen molar-refractivity contribution in [3.05, 3.63) is 57.8 Å². The summed E-state index contributed by atoms with van der Waals surface area (Å²) in [5, 5.41) is 11.8. The van der Waals surface area contributed by atoms with E-state index < -0.39 is 0 Å². The van der Waals surface area contributed by atoms with Crippen LogP contribution in [-0.4, -0.2) is 24.3 Å². The minimum atomic E-state index is 0.128. The van der Waals surface area contributed by atoms with E-state index >= 15 is 0 Å². The standard InChI is InChI=1S/C15H19N3S/c1-18(7-5-12-6-8-19-11-12)10-13-3-2-4-14(9-13)15(16)17/h2-4,6,8-9,11H,5,7,10H2,1H3,(H3,16,17). The van der Waals surface area contributed by atoms with Crippen LogP contribution < -0.4 is 5.73 Å².